The van der Waals surface area contributed by atoms with Crippen LogP contribution >= 0.6 is 0 Å². The summed E-state index contributed by atoms with van der Waals surface area (Å²) in [7, 11) is 0. The molecule has 0 heterocycles. The number of halogens is 1. The van der Waals surface area contributed by atoms with E-state index in [0.29, 0.717) is 12.8 Å². The van der Waals surface area contributed by atoms with Crippen LogP contribution < -0.4 is 0 Å². The molecule has 0 amide bonds. The Kier molecular flexibility index (Phi) is 3.00. The zero-order valence-electron chi connectivity index (χ0n) is 10.9. The molecule has 2 nitrogen and oxygen atoms in total. The Morgan fingerprint density at radius 3 is 1.81 bits per heavy atom. The molecule has 1 aliphatic carbocycles. The molecule has 1 N–H and O–H groups in total. The van der Waals surface area contributed by atoms with E-state index in [1.165, 1.54) is 6.92 Å². The van der Waals surface area contributed by atoms with Gasteiger partial charge in [0, 0.05) is 0 Å². The molecule has 0 radical (unpaired) electrons. The molecular formula is C13H23FO2. The van der Waals surface area contributed by atoms with Crippen molar-refractivity contribution in [1.29, 1.82) is 0 Å². The highest BCUT2D eigenvalue weighted by Gasteiger charge is 2.56. The first kappa shape index (κ1) is 13.6. The van der Waals surface area contributed by atoms with Crippen LogP contribution in [0.5, 0.6) is 0 Å². The average molecular weight is 230 g/mol. The molecule has 1 rings (SSSR count). The first-order chi connectivity index (χ1) is 6.93. The van der Waals surface area contributed by atoms with Crippen molar-refractivity contribution in [3.05, 3.63) is 0 Å². The lowest BCUT2D eigenvalue weighted by Crippen LogP contribution is -2.58. The van der Waals surface area contributed by atoms with E-state index in [1.807, 2.05) is 27.7 Å². The van der Waals surface area contributed by atoms with Crippen LogP contribution in [0, 0.1) is 10.8 Å². The molecule has 1 saturated carbocycles. The summed E-state index contributed by atoms with van der Waals surface area (Å²) in [4.78, 5) is 10.8. The van der Waals surface area contributed by atoms with Crippen LogP contribution in [0.15, 0.2) is 0 Å². The van der Waals surface area contributed by atoms with E-state index in [-0.39, 0.29) is 17.1 Å². The van der Waals surface area contributed by atoms with E-state index in [4.69, 9.17) is 0 Å². The van der Waals surface area contributed by atoms with Crippen LogP contribution in [-0.4, -0.2) is 22.7 Å². The largest absolute Gasteiger partial charge is 0.386 e. The molecule has 3 heteroatoms. The highest BCUT2D eigenvalue weighted by molar-refractivity contribution is 5.64. The molecule has 0 spiro atoms. The third-order valence-electron chi connectivity index (χ3n) is 3.63. The summed E-state index contributed by atoms with van der Waals surface area (Å²) < 4.78 is 14.2. The fourth-order valence-corrected chi connectivity index (χ4v) is 3.52. The maximum atomic E-state index is 14.2. The molecule has 0 bridgehead atoms. The van der Waals surface area contributed by atoms with Gasteiger partial charge in [-0.25, -0.2) is 4.39 Å². The minimum Gasteiger partial charge on any atom is -0.386 e. The predicted octanol–water partition coefficient (Wildman–Crippen LogP) is 2.88. The Balaban J connectivity index is 3.10. The van der Waals surface area contributed by atoms with Gasteiger partial charge in [0.2, 0.25) is 0 Å². The van der Waals surface area contributed by atoms with Gasteiger partial charge in [0.15, 0.2) is 12.0 Å². The minimum absolute atomic E-state index is 0.146. The van der Waals surface area contributed by atoms with Crippen molar-refractivity contribution in [3.63, 3.8) is 0 Å². The second kappa shape index (κ2) is 3.52. The van der Waals surface area contributed by atoms with Gasteiger partial charge in [-0.1, -0.05) is 27.7 Å². The van der Waals surface area contributed by atoms with Gasteiger partial charge in [-0.2, -0.15) is 0 Å². The van der Waals surface area contributed by atoms with Gasteiger partial charge < -0.3 is 5.11 Å². The molecule has 0 saturated heterocycles. The molecule has 0 aromatic carbocycles. The van der Waals surface area contributed by atoms with Crippen molar-refractivity contribution in [1.82, 2.24) is 0 Å². The first-order valence-corrected chi connectivity index (χ1v) is 5.81. The van der Waals surface area contributed by atoms with Gasteiger partial charge >= 0.3 is 0 Å². The summed E-state index contributed by atoms with van der Waals surface area (Å²) in [5.41, 5.74) is -4.00. The van der Waals surface area contributed by atoms with Crippen molar-refractivity contribution in [3.8, 4) is 0 Å². The summed E-state index contributed by atoms with van der Waals surface area (Å²) in [5, 5.41) is 10.5. The van der Waals surface area contributed by atoms with E-state index in [2.05, 4.69) is 0 Å². The number of aliphatic hydroxyl groups is 1. The van der Waals surface area contributed by atoms with E-state index in [0.717, 1.165) is 6.42 Å². The summed E-state index contributed by atoms with van der Waals surface area (Å²) in [6.07, 6.45) is 1.83. The maximum absolute atomic E-state index is 14.2. The topological polar surface area (TPSA) is 37.3 Å². The molecule has 0 aromatic rings. The zero-order valence-corrected chi connectivity index (χ0v) is 10.9. The molecule has 94 valence electrons. The minimum atomic E-state index is -2.16. The number of alkyl halides is 1. The molecule has 1 atom stereocenters. The molecule has 1 unspecified atom stereocenters. The van der Waals surface area contributed by atoms with Crippen molar-refractivity contribution in [2.24, 2.45) is 10.8 Å². The van der Waals surface area contributed by atoms with E-state index in [1.54, 1.807) is 0 Å². The Hall–Kier alpha value is -0.440. The number of rotatable bonds is 2. The normalized spacial score (nSPS) is 30.4. The lowest BCUT2D eigenvalue weighted by molar-refractivity contribution is -0.170. The number of carbonyl (C=O) groups excluding carboxylic acids is 1. The predicted molar refractivity (Wildman–Crippen MR) is 61.9 cm³/mol. The fraction of sp³-hybridized carbons (Fsp3) is 0.923. The molecule has 1 aliphatic rings. The summed E-state index contributed by atoms with van der Waals surface area (Å²) in [5.74, 6) is 0. The van der Waals surface area contributed by atoms with E-state index < -0.39 is 11.3 Å². The van der Waals surface area contributed by atoms with Crippen molar-refractivity contribution in [2.75, 3.05) is 0 Å². The molecule has 0 aromatic heterocycles. The third kappa shape index (κ3) is 2.45. The van der Waals surface area contributed by atoms with Crippen LogP contribution in [0.2, 0.25) is 0 Å². The van der Waals surface area contributed by atoms with Crippen LogP contribution in [0.4, 0.5) is 4.39 Å². The molecule has 16 heavy (non-hydrogen) atoms. The molecular weight excluding hydrogens is 207 g/mol. The lowest BCUT2D eigenvalue weighted by Gasteiger charge is -2.52. The van der Waals surface area contributed by atoms with Crippen molar-refractivity contribution < 1.29 is 14.3 Å². The highest BCUT2D eigenvalue weighted by Crippen LogP contribution is 2.53. The Morgan fingerprint density at radius 2 is 1.50 bits per heavy atom. The maximum Gasteiger partial charge on any atom is 0.191 e. The van der Waals surface area contributed by atoms with Crippen LogP contribution in [0.3, 0.4) is 0 Å². The summed E-state index contributed by atoms with van der Waals surface area (Å²) in [6.45, 7) is 9.23. The van der Waals surface area contributed by atoms with Gasteiger partial charge in [-0.3, -0.25) is 4.79 Å². The van der Waals surface area contributed by atoms with Crippen LogP contribution in [0.25, 0.3) is 0 Å². The first-order valence-electron chi connectivity index (χ1n) is 5.81. The molecule has 0 aliphatic heterocycles. The van der Waals surface area contributed by atoms with E-state index in [9.17, 15) is 14.3 Å². The quantitative estimate of drug-likeness (QED) is 0.741. The van der Waals surface area contributed by atoms with Gasteiger partial charge in [0.05, 0.1) is 0 Å². The Morgan fingerprint density at radius 1 is 1.12 bits per heavy atom. The average Bonchev–Trinajstić information content (AvgIpc) is 1.96. The highest BCUT2D eigenvalue weighted by atomic mass is 19.1. The number of carbonyl (C=O) groups is 1. The van der Waals surface area contributed by atoms with E-state index >= 15 is 0 Å². The van der Waals surface area contributed by atoms with Crippen LogP contribution in [-0.2, 0) is 4.79 Å². The number of hydrogen-bond donors (Lipinski definition) is 1. The van der Waals surface area contributed by atoms with Gasteiger partial charge in [0.1, 0.15) is 5.60 Å². The monoisotopic (exact) mass is 230 g/mol. The Bertz CT molecular complexity index is 276. The smallest absolute Gasteiger partial charge is 0.191 e. The Labute approximate surface area is 97.2 Å². The number of hydrogen-bond acceptors (Lipinski definition) is 2. The SMILES string of the molecule is CC1(C)CC(C)(C)CC(O)(C(C)(F)C=O)C1. The summed E-state index contributed by atoms with van der Waals surface area (Å²) in [6, 6.07) is 0. The second-order valence-corrected chi connectivity index (χ2v) is 7.08. The number of aldehydes is 1. The molecule has 1 fully saturated rings. The fourth-order valence-electron chi connectivity index (χ4n) is 3.52. The second-order valence-electron chi connectivity index (χ2n) is 7.08. The van der Waals surface area contributed by atoms with Crippen molar-refractivity contribution in [2.45, 2.75) is 65.2 Å². The van der Waals surface area contributed by atoms with Gasteiger partial charge in [-0.05, 0) is 37.0 Å². The van der Waals surface area contributed by atoms with Gasteiger partial charge in [0.25, 0.3) is 0 Å². The summed E-state index contributed by atoms with van der Waals surface area (Å²) >= 11 is 0. The zero-order chi connectivity index (χ0) is 12.8. The third-order valence-corrected chi connectivity index (χ3v) is 3.63. The standard InChI is InChI=1S/C13H23FO2/c1-10(2)6-11(3,4)8-13(16,7-10)12(5,14)9-15/h9,16H,6-8H2,1-5H3. The lowest BCUT2D eigenvalue weighted by atomic mass is 9.56. The van der Waals surface area contributed by atoms with Gasteiger partial charge in [-0.15, -0.1) is 0 Å². The van der Waals surface area contributed by atoms with Crippen LogP contribution in [0.1, 0.15) is 53.9 Å². The van der Waals surface area contributed by atoms with Crippen molar-refractivity contribution >= 4 is 6.29 Å².